The topological polar surface area (TPSA) is 93.2 Å². The minimum atomic E-state index is -0.648. The highest BCUT2D eigenvalue weighted by Crippen LogP contribution is 2.33. The van der Waals surface area contributed by atoms with Crippen molar-refractivity contribution in [2.24, 2.45) is 0 Å². The van der Waals surface area contributed by atoms with Gasteiger partial charge in [0, 0.05) is 11.8 Å². The molecule has 0 radical (unpaired) electrons. The number of anilines is 1. The van der Waals surface area contributed by atoms with Crippen LogP contribution in [0, 0.1) is 5.13 Å². The van der Waals surface area contributed by atoms with E-state index in [-0.39, 0.29) is 16.6 Å². The maximum Gasteiger partial charge on any atom is 0.411 e. The monoisotopic (exact) mass is 420 g/mol. The summed E-state index contributed by atoms with van der Waals surface area (Å²) in [6.45, 7) is 3.77. The average molecular weight is 420 g/mol. The summed E-state index contributed by atoms with van der Waals surface area (Å²) >= 11 is 1.99. The van der Waals surface area contributed by atoms with Gasteiger partial charge in [-0.05, 0) is 25.5 Å². The summed E-state index contributed by atoms with van der Waals surface area (Å²) in [5, 5.41) is 5.30. The molecule has 3 heterocycles. The number of thiazole rings is 1. The Morgan fingerprint density at radius 3 is 2.86 bits per heavy atom. The molecular formula is C18H17FN4O3S2. The van der Waals surface area contributed by atoms with Gasteiger partial charge in [0.25, 0.3) is 5.91 Å². The van der Waals surface area contributed by atoms with Crippen molar-refractivity contribution in [2.75, 3.05) is 11.9 Å². The van der Waals surface area contributed by atoms with Crippen LogP contribution in [0.15, 0.2) is 30.6 Å². The third kappa shape index (κ3) is 4.52. The lowest BCUT2D eigenvalue weighted by Crippen LogP contribution is -2.23. The zero-order chi connectivity index (χ0) is 20.1. The van der Waals surface area contributed by atoms with E-state index in [1.807, 2.05) is 6.92 Å². The van der Waals surface area contributed by atoms with Crippen molar-refractivity contribution in [3.63, 3.8) is 0 Å². The van der Waals surface area contributed by atoms with Crippen molar-refractivity contribution in [1.82, 2.24) is 15.3 Å². The normalized spacial score (nSPS) is 11.5. The number of fused-ring (bicyclic) bond motifs is 1. The van der Waals surface area contributed by atoms with Crippen LogP contribution < -0.4 is 10.6 Å². The molecular weight excluding hydrogens is 403 g/mol. The predicted molar refractivity (Wildman–Crippen MR) is 108 cm³/mol. The quantitative estimate of drug-likeness (QED) is 0.606. The molecule has 2 N–H and O–H groups in total. The SMILES string of the molecule is CCC=C(NC(=O)OCC)c1cc(F)sc1NC(=O)c1nc2cnccc2s1. The fourth-order valence-electron chi connectivity index (χ4n) is 2.40. The lowest BCUT2D eigenvalue weighted by atomic mass is 10.2. The third-order valence-corrected chi connectivity index (χ3v) is 5.40. The maximum absolute atomic E-state index is 14.0. The van der Waals surface area contributed by atoms with Gasteiger partial charge in [-0.15, -0.1) is 11.3 Å². The fraction of sp³-hybridized carbons (Fsp3) is 0.222. The lowest BCUT2D eigenvalue weighted by molar-refractivity contribution is 0.102. The molecule has 10 heteroatoms. The van der Waals surface area contributed by atoms with Gasteiger partial charge in [-0.2, -0.15) is 4.39 Å². The molecule has 0 unspecified atom stereocenters. The van der Waals surface area contributed by atoms with Crippen molar-refractivity contribution < 1.29 is 18.7 Å². The molecule has 0 aliphatic heterocycles. The number of thiophene rings is 1. The van der Waals surface area contributed by atoms with Crippen LogP contribution in [0.1, 0.15) is 35.6 Å². The van der Waals surface area contributed by atoms with Crippen LogP contribution >= 0.6 is 22.7 Å². The summed E-state index contributed by atoms with van der Waals surface area (Å²) in [5.41, 5.74) is 1.35. The molecule has 0 aromatic carbocycles. The smallest absolute Gasteiger partial charge is 0.411 e. The standard InChI is InChI=1S/C18H17FN4O3S2/c1-3-5-11(22-18(25)26-4-2)10-8-14(19)28-16(10)23-15(24)17-21-12-9-20-7-6-13(12)27-17/h5-9H,3-4H2,1-2H3,(H,22,25)(H,23,24). The number of nitrogens with one attached hydrogen (secondary N) is 2. The Hall–Kier alpha value is -2.85. The molecule has 0 spiro atoms. The molecule has 3 rings (SSSR count). The third-order valence-electron chi connectivity index (χ3n) is 3.52. The van der Waals surface area contributed by atoms with Crippen molar-refractivity contribution in [3.05, 3.63) is 46.3 Å². The summed E-state index contributed by atoms with van der Waals surface area (Å²) in [6.07, 6.45) is 4.86. The molecule has 28 heavy (non-hydrogen) atoms. The van der Waals surface area contributed by atoms with E-state index in [1.165, 1.54) is 17.4 Å². The zero-order valence-electron chi connectivity index (χ0n) is 15.1. The van der Waals surface area contributed by atoms with E-state index in [9.17, 15) is 14.0 Å². The van der Waals surface area contributed by atoms with Crippen LogP contribution in [-0.2, 0) is 4.74 Å². The van der Waals surface area contributed by atoms with Crippen LogP contribution in [-0.4, -0.2) is 28.6 Å². The van der Waals surface area contributed by atoms with Gasteiger partial charge in [0.1, 0.15) is 10.5 Å². The predicted octanol–water partition coefficient (Wildman–Crippen LogP) is 4.64. The molecule has 0 saturated heterocycles. The van der Waals surface area contributed by atoms with E-state index in [2.05, 4.69) is 20.6 Å². The summed E-state index contributed by atoms with van der Waals surface area (Å²) in [4.78, 5) is 32.6. The molecule has 146 valence electrons. The number of ether oxygens (including phenoxy) is 1. The molecule has 0 aliphatic carbocycles. The van der Waals surface area contributed by atoms with Crippen molar-refractivity contribution in [1.29, 1.82) is 0 Å². The van der Waals surface area contributed by atoms with E-state index in [1.54, 1.807) is 31.5 Å². The molecule has 3 aromatic heterocycles. The number of hydrogen-bond donors (Lipinski definition) is 2. The highest BCUT2D eigenvalue weighted by molar-refractivity contribution is 7.20. The van der Waals surface area contributed by atoms with E-state index in [0.717, 1.165) is 16.0 Å². The number of carbonyl (C=O) groups is 2. The van der Waals surface area contributed by atoms with Gasteiger partial charge in [0.15, 0.2) is 10.1 Å². The minimum Gasteiger partial charge on any atom is -0.450 e. The van der Waals surface area contributed by atoms with Crippen LogP contribution in [0.4, 0.5) is 14.2 Å². The molecule has 0 aliphatic rings. The largest absolute Gasteiger partial charge is 0.450 e. The van der Waals surface area contributed by atoms with Crippen LogP contribution in [0.25, 0.3) is 15.9 Å². The number of pyridine rings is 1. The second kappa shape index (κ2) is 8.89. The molecule has 3 aromatic rings. The van der Waals surface area contributed by atoms with Crippen LogP contribution in [0.5, 0.6) is 0 Å². The number of amides is 2. The second-order valence-electron chi connectivity index (χ2n) is 5.48. The summed E-state index contributed by atoms with van der Waals surface area (Å²) < 4.78 is 19.7. The molecule has 7 nitrogen and oxygen atoms in total. The molecule has 0 saturated carbocycles. The first-order valence-electron chi connectivity index (χ1n) is 8.47. The summed E-state index contributed by atoms with van der Waals surface area (Å²) in [6, 6.07) is 3.03. The molecule has 0 fully saturated rings. The Labute approximate surface area is 168 Å². The first-order valence-corrected chi connectivity index (χ1v) is 10.1. The van der Waals surface area contributed by atoms with Crippen LogP contribution in [0.2, 0.25) is 0 Å². The van der Waals surface area contributed by atoms with E-state index < -0.39 is 17.1 Å². The van der Waals surface area contributed by atoms with E-state index in [0.29, 0.717) is 23.2 Å². The first kappa shape index (κ1) is 19.9. The van der Waals surface area contributed by atoms with E-state index >= 15 is 0 Å². The van der Waals surface area contributed by atoms with E-state index in [4.69, 9.17) is 4.74 Å². The number of halogens is 1. The molecule has 0 atom stereocenters. The number of alkyl carbamates (subject to hydrolysis) is 1. The Balaban J connectivity index is 1.87. The Bertz CT molecular complexity index is 1010. The lowest BCUT2D eigenvalue weighted by Gasteiger charge is -2.11. The highest BCUT2D eigenvalue weighted by Gasteiger charge is 2.20. The highest BCUT2D eigenvalue weighted by atomic mass is 32.1. The van der Waals surface area contributed by atoms with Gasteiger partial charge in [0.2, 0.25) is 0 Å². The summed E-state index contributed by atoms with van der Waals surface area (Å²) in [5.74, 6) is -0.462. The Morgan fingerprint density at radius 1 is 1.32 bits per heavy atom. The van der Waals surface area contributed by atoms with Crippen molar-refractivity contribution in [2.45, 2.75) is 20.3 Å². The first-order chi connectivity index (χ1) is 13.5. The Kier molecular flexibility index (Phi) is 6.32. The number of nitrogens with zero attached hydrogens (tertiary/aromatic N) is 2. The average Bonchev–Trinajstić information content (AvgIpc) is 3.25. The van der Waals surface area contributed by atoms with Crippen molar-refractivity contribution in [3.8, 4) is 0 Å². The maximum atomic E-state index is 14.0. The van der Waals surface area contributed by atoms with Gasteiger partial charge in [-0.3, -0.25) is 15.1 Å². The van der Waals surface area contributed by atoms with Crippen molar-refractivity contribution >= 4 is 55.6 Å². The Morgan fingerprint density at radius 2 is 2.14 bits per heavy atom. The van der Waals surface area contributed by atoms with Gasteiger partial charge < -0.3 is 10.1 Å². The number of carbonyl (C=O) groups excluding carboxylic acids is 2. The van der Waals surface area contributed by atoms with Gasteiger partial charge >= 0.3 is 6.09 Å². The van der Waals surface area contributed by atoms with Crippen LogP contribution in [0.3, 0.4) is 0 Å². The molecule has 0 bridgehead atoms. The van der Waals surface area contributed by atoms with Gasteiger partial charge in [-0.1, -0.05) is 24.3 Å². The summed E-state index contributed by atoms with van der Waals surface area (Å²) in [7, 11) is 0. The number of rotatable bonds is 6. The number of allylic oxidation sites excluding steroid dienone is 1. The fourth-order valence-corrected chi connectivity index (χ4v) is 4.02. The van der Waals surface area contributed by atoms with Gasteiger partial charge in [-0.25, -0.2) is 9.78 Å². The molecule has 2 amide bonds. The second-order valence-corrected chi connectivity index (χ2v) is 7.51. The number of hydrogen-bond acceptors (Lipinski definition) is 7. The number of aromatic nitrogens is 2. The van der Waals surface area contributed by atoms with Gasteiger partial charge in [0.05, 0.1) is 23.2 Å². The zero-order valence-corrected chi connectivity index (χ0v) is 16.7. The minimum absolute atomic E-state index is 0.208.